The van der Waals surface area contributed by atoms with Crippen LogP contribution < -0.4 is 0 Å². The molecule has 0 aromatic rings. The monoisotopic (exact) mass is 339 g/mol. The highest BCUT2D eigenvalue weighted by Gasteiger charge is 2.33. The van der Waals surface area contributed by atoms with Crippen molar-refractivity contribution >= 4 is 28.4 Å². The Morgan fingerprint density at radius 3 is 2.42 bits per heavy atom. The summed E-state index contributed by atoms with van der Waals surface area (Å²) in [6.07, 6.45) is -0.325. The van der Waals surface area contributed by atoms with Gasteiger partial charge in [-0.15, -0.1) is 0 Å². The molecule has 1 unspecified atom stereocenters. The molecular weight excluding hydrogens is 327 g/mol. The summed E-state index contributed by atoms with van der Waals surface area (Å²) in [6, 6.07) is 0. The number of hydrogen-bond donors (Lipinski definition) is 0. The van der Waals surface area contributed by atoms with Crippen LogP contribution in [0.25, 0.3) is 0 Å². The minimum atomic E-state index is -4.49. The number of methoxy groups -OCH3 is 1. The fourth-order valence-corrected chi connectivity index (χ4v) is 1.05. The van der Waals surface area contributed by atoms with Gasteiger partial charge in [0, 0.05) is 12.3 Å². The topological polar surface area (TPSA) is 38.7 Å². The molecule has 0 spiro atoms. The van der Waals surface area contributed by atoms with Crippen LogP contribution >= 0.6 is 15.9 Å². The maximum Gasteiger partial charge on any atom is 0.415 e. The second-order valence-corrected chi connectivity index (χ2v) is 4.38. The van der Waals surface area contributed by atoms with Gasteiger partial charge in [-0.2, -0.15) is 13.2 Å². The van der Waals surface area contributed by atoms with Crippen LogP contribution in [0.2, 0.25) is 0 Å². The number of carbonyl (C=O) groups is 1. The minimum Gasteiger partial charge on any atom is -0.496 e. The summed E-state index contributed by atoms with van der Waals surface area (Å²) in [5.41, 5.74) is -0.734. The van der Waals surface area contributed by atoms with Gasteiger partial charge < -0.3 is 9.53 Å². The van der Waals surface area contributed by atoms with Crippen molar-refractivity contribution in [1.29, 1.82) is 0 Å². The highest BCUT2D eigenvalue weighted by molar-refractivity contribution is 9.10. The largest absolute Gasteiger partial charge is 0.496 e. The van der Waals surface area contributed by atoms with Crippen molar-refractivity contribution in [3.63, 3.8) is 0 Å². The van der Waals surface area contributed by atoms with E-state index in [9.17, 15) is 18.0 Å². The number of allylic oxidation sites excluding steroid dienone is 3. The minimum absolute atomic E-state index is 0.145. The molecule has 0 aliphatic carbocycles. The summed E-state index contributed by atoms with van der Waals surface area (Å²) in [6.45, 7) is 4.33. The van der Waals surface area contributed by atoms with Gasteiger partial charge in [0.1, 0.15) is 16.9 Å². The molecule has 0 radical (unpaired) electrons. The summed E-state index contributed by atoms with van der Waals surface area (Å²) in [5, 5.41) is 0. The van der Waals surface area contributed by atoms with Crippen LogP contribution in [0.1, 0.15) is 6.92 Å². The molecule has 0 aromatic heterocycles. The normalized spacial score (nSPS) is 16.0. The van der Waals surface area contributed by atoms with Crippen LogP contribution in [-0.4, -0.2) is 30.6 Å². The van der Waals surface area contributed by atoms with E-state index in [1.165, 1.54) is 12.3 Å². The van der Waals surface area contributed by atoms with Gasteiger partial charge in [0.15, 0.2) is 0 Å². The summed E-state index contributed by atoms with van der Waals surface area (Å²) >= 11 is 2.98. The first-order chi connectivity index (χ1) is 8.76. The molecule has 106 valence electrons. The fourth-order valence-electron chi connectivity index (χ4n) is 0.936. The van der Waals surface area contributed by atoms with E-state index in [2.05, 4.69) is 32.2 Å². The van der Waals surface area contributed by atoms with Crippen LogP contribution in [0, 0.1) is 0 Å². The van der Waals surface area contributed by atoms with E-state index in [0.717, 1.165) is 20.1 Å². The Morgan fingerprint density at radius 1 is 1.47 bits per heavy atom. The molecule has 0 aliphatic heterocycles. The van der Waals surface area contributed by atoms with Gasteiger partial charge >= 0.3 is 6.18 Å². The molecule has 0 amide bonds. The Hall–Kier alpha value is -1.37. The van der Waals surface area contributed by atoms with Gasteiger partial charge in [0.25, 0.3) is 0 Å². The Morgan fingerprint density at radius 2 is 2.05 bits per heavy atom. The molecule has 0 heterocycles. The highest BCUT2D eigenvalue weighted by Crippen LogP contribution is 2.28. The van der Waals surface area contributed by atoms with Crippen molar-refractivity contribution < 1.29 is 22.7 Å². The number of ether oxygens (including phenoxy) is 1. The van der Waals surface area contributed by atoms with Crippen molar-refractivity contribution in [3.05, 3.63) is 35.8 Å². The zero-order valence-corrected chi connectivity index (χ0v) is 12.0. The summed E-state index contributed by atoms with van der Waals surface area (Å²) < 4.78 is 42.3. The maximum atomic E-state index is 12.5. The quantitative estimate of drug-likeness (QED) is 0.244. The Bertz CT molecular complexity index is 425. The van der Waals surface area contributed by atoms with Gasteiger partial charge in [0.2, 0.25) is 0 Å². The zero-order valence-electron chi connectivity index (χ0n) is 10.4. The number of aldehydes is 1. The van der Waals surface area contributed by atoms with Gasteiger partial charge in [-0.1, -0.05) is 22.5 Å². The van der Waals surface area contributed by atoms with Crippen LogP contribution in [0.5, 0.6) is 0 Å². The SMILES string of the molecule is C=C/C(=C\C(OC)=C(/C)C(F)(F)F)N=CC(Br)C=O. The van der Waals surface area contributed by atoms with E-state index in [-0.39, 0.29) is 11.5 Å². The highest BCUT2D eigenvalue weighted by atomic mass is 79.9. The molecule has 0 fully saturated rings. The molecule has 7 heteroatoms. The number of halogens is 4. The average molecular weight is 340 g/mol. The average Bonchev–Trinajstić information content (AvgIpc) is 2.37. The Kier molecular flexibility index (Phi) is 7.36. The third kappa shape index (κ3) is 6.37. The van der Waals surface area contributed by atoms with Crippen LogP contribution in [-0.2, 0) is 9.53 Å². The molecule has 19 heavy (non-hydrogen) atoms. The van der Waals surface area contributed by atoms with Crippen molar-refractivity contribution in [3.8, 4) is 0 Å². The van der Waals surface area contributed by atoms with E-state index < -0.39 is 16.6 Å². The zero-order chi connectivity index (χ0) is 15.1. The summed E-state index contributed by atoms with van der Waals surface area (Å²) in [5.74, 6) is -0.364. The van der Waals surface area contributed by atoms with Crippen LogP contribution in [0.15, 0.2) is 40.8 Å². The molecule has 0 rings (SSSR count). The second-order valence-electron chi connectivity index (χ2n) is 3.32. The Balaban J connectivity index is 5.40. The third-order valence-corrected chi connectivity index (χ3v) is 2.45. The van der Waals surface area contributed by atoms with E-state index in [1.807, 2.05) is 0 Å². The van der Waals surface area contributed by atoms with Gasteiger partial charge in [-0.3, -0.25) is 4.99 Å². The molecule has 0 N–H and O–H groups in total. The number of hydrogen-bond acceptors (Lipinski definition) is 3. The van der Waals surface area contributed by atoms with Crippen molar-refractivity contribution in [2.24, 2.45) is 4.99 Å². The molecule has 1 atom stereocenters. The van der Waals surface area contributed by atoms with Gasteiger partial charge in [-0.05, 0) is 13.0 Å². The van der Waals surface area contributed by atoms with E-state index in [0.29, 0.717) is 6.29 Å². The lowest BCUT2D eigenvalue weighted by Crippen LogP contribution is -2.12. The first kappa shape index (κ1) is 17.6. The van der Waals surface area contributed by atoms with E-state index in [4.69, 9.17) is 0 Å². The third-order valence-electron chi connectivity index (χ3n) is 2.00. The number of aliphatic imine (C=N–C) groups is 1. The van der Waals surface area contributed by atoms with Gasteiger partial charge in [0.05, 0.1) is 18.4 Å². The fraction of sp³-hybridized carbons (Fsp3) is 0.333. The maximum absolute atomic E-state index is 12.5. The van der Waals surface area contributed by atoms with E-state index in [1.54, 1.807) is 0 Å². The van der Waals surface area contributed by atoms with Crippen LogP contribution in [0.3, 0.4) is 0 Å². The number of alkyl halides is 4. The summed E-state index contributed by atoms with van der Waals surface area (Å²) in [7, 11) is 1.13. The van der Waals surface area contributed by atoms with Crippen LogP contribution in [0.4, 0.5) is 13.2 Å². The number of carbonyl (C=O) groups excluding carboxylic acids is 1. The first-order valence-electron chi connectivity index (χ1n) is 5.06. The lowest BCUT2D eigenvalue weighted by Gasteiger charge is -2.11. The molecule has 0 saturated carbocycles. The number of rotatable bonds is 6. The molecular formula is C12H13BrF3NO2. The second kappa shape index (κ2) is 7.93. The molecule has 3 nitrogen and oxygen atoms in total. The molecule has 0 aromatic carbocycles. The van der Waals surface area contributed by atoms with Crippen molar-refractivity contribution in [2.75, 3.05) is 7.11 Å². The Labute approximate surface area is 117 Å². The van der Waals surface area contributed by atoms with Crippen molar-refractivity contribution in [1.82, 2.24) is 0 Å². The van der Waals surface area contributed by atoms with Gasteiger partial charge in [-0.25, -0.2) is 0 Å². The number of nitrogens with zero attached hydrogens (tertiary/aromatic N) is 1. The summed E-state index contributed by atoms with van der Waals surface area (Å²) in [4.78, 5) is 13.6. The predicted molar refractivity (Wildman–Crippen MR) is 71.3 cm³/mol. The smallest absolute Gasteiger partial charge is 0.415 e. The molecule has 0 aliphatic rings. The van der Waals surface area contributed by atoms with Crippen molar-refractivity contribution in [2.45, 2.75) is 17.9 Å². The molecule has 0 saturated heterocycles. The lowest BCUT2D eigenvalue weighted by molar-refractivity contribution is -0.106. The predicted octanol–water partition coefficient (Wildman–Crippen LogP) is 3.57. The standard InChI is InChI=1S/C12H13BrF3NO2/c1-4-10(17-6-9(13)7-18)5-11(19-3)8(2)12(14,15)16/h4-7,9H,1H2,2-3H3/b10-5+,11-8-,17-6?. The van der Waals surface area contributed by atoms with E-state index >= 15 is 0 Å². The lowest BCUT2D eigenvalue weighted by atomic mass is 10.2. The first-order valence-corrected chi connectivity index (χ1v) is 5.97. The molecule has 0 bridgehead atoms.